The number of carbonyl (C=O) groups is 1. The molecule has 4 atom stereocenters. The fourth-order valence-corrected chi connectivity index (χ4v) is 3.66. The first-order valence-electron chi connectivity index (χ1n) is 7.23. The Morgan fingerprint density at radius 2 is 2.16 bits per heavy atom. The third-order valence-corrected chi connectivity index (χ3v) is 4.82. The molecule has 3 fully saturated rings. The largest absolute Gasteiger partial charge is 0.381 e. The van der Waals surface area contributed by atoms with Crippen molar-refractivity contribution >= 4 is 5.91 Å². The average Bonchev–Trinajstić information content (AvgIpc) is 3.11. The van der Waals surface area contributed by atoms with Gasteiger partial charge in [-0.25, -0.2) is 0 Å². The lowest BCUT2D eigenvalue weighted by molar-refractivity contribution is -0.136. The van der Waals surface area contributed by atoms with Crippen molar-refractivity contribution in [2.24, 2.45) is 11.8 Å². The number of amides is 1. The number of nitriles is 1. The zero-order valence-corrected chi connectivity index (χ0v) is 11.3. The van der Waals surface area contributed by atoms with E-state index in [1.165, 1.54) is 0 Å². The maximum Gasteiger partial charge on any atom is 0.241 e. The SMILES string of the molecule is CN[C@H](C(=O)N1C2C[C@H]2C[C@H]1C#N)C1CCOCC1. The van der Waals surface area contributed by atoms with E-state index in [2.05, 4.69) is 11.4 Å². The third-order valence-electron chi connectivity index (χ3n) is 4.82. The minimum absolute atomic E-state index is 0.131. The van der Waals surface area contributed by atoms with E-state index in [1.807, 2.05) is 11.9 Å². The molecular weight excluding hydrogens is 242 g/mol. The number of hydrogen-bond donors (Lipinski definition) is 1. The summed E-state index contributed by atoms with van der Waals surface area (Å²) in [5, 5.41) is 12.4. The van der Waals surface area contributed by atoms with E-state index in [1.54, 1.807) is 0 Å². The molecule has 0 bridgehead atoms. The number of rotatable bonds is 3. The smallest absolute Gasteiger partial charge is 0.241 e. The summed E-state index contributed by atoms with van der Waals surface area (Å²) in [5.41, 5.74) is 0. The van der Waals surface area contributed by atoms with E-state index < -0.39 is 0 Å². The summed E-state index contributed by atoms with van der Waals surface area (Å²) in [6, 6.07) is 2.28. The molecule has 0 radical (unpaired) electrons. The molecule has 2 saturated heterocycles. The van der Waals surface area contributed by atoms with Crippen molar-refractivity contribution in [2.75, 3.05) is 20.3 Å². The van der Waals surface area contributed by atoms with Gasteiger partial charge in [0.25, 0.3) is 0 Å². The van der Waals surface area contributed by atoms with Crippen LogP contribution in [0.25, 0.3) is 0 Å². The fraction of sp³-hybridized carbons (Fsp3) is 0.857. The molecule has 0 aromatic carbocycles. The summed E-state index contributed by atoms with van der Waals surface area (Å²) in [6.07, 6.45) is 3.82. The fourth-order valence-electron chi connectivity index (χ4n) is 3.66. The van der Waals surface area contributed by atoms with Gasteiger partial charge in [-0.1, -0.05) is 0 Å². The zero-order valence-electron chi connectivity index (χ0n) is 11.3. The summed E-state index contributed by atoms with van der Waals surface area (Å²) in [4.78, 5) is 14.6. The molecule has 0 aromatic rings. The number of nitrogens with one attached hydrogen (secondary N) is 1. The van der Waals surface area contributed by atoms with Gasteiger partial charge in [0.1, 0.15) is 6.04 Å². The average molecular weight is 263 g/mol. The van der Waals surface area contributed by atoms with Crippen LogP contribution in [0.2, 0.25) is 0 Å². The lowest BCUT2D eigenvalue weighted by atomic mass is 9.90. The molecule has 5 heteroatoms. The van der Waals surface area contributed by atoms with Gasteiger partial charge in [0.2, 0.25) is 5.91 Å². The normalized spacial score (nSPS) is 35.6. The minimum atomic E-state index is -0.202. The Kier molecular flexibility index (Phi) is 3.46. The zero-order chi connectivity index (χ0) is 13.4. The Morgan fingerprint density at radius 1 is 1.42 bits per heavy atom. The molecule has 3 aliphatic rings. The second-order valence-electron chi connectivity index (χ2n) is 5.91. The number of likely N-dealkylation sites (tertiary alicyclic amines) is 1. The number of nitrogens with zero attached hydrogens (tertiary/aromatic N) is 2. The predicted molar refractivity (Wildman–Crippen MR) is 69.1 cm³/mol. The van der Waals surface area contributed by atoms with Crippen LogP contribution >= 0.6 is 0 Å². The van der Waals surface area contributed by atoms with Gasteiger partial charge in [0.05, 0.1) is 12.1 Å². The molecule has 5 nitrogen and oxygen atoms in total. The Labute approximate surface area is 113 Å². The highest BCUT2D eigenvalue weighted by Crippen LogP contribution is 2.48. The highest BCUT2D eigenvalue weighted by Gasteiger charge is 2.55. The van der Waals surface area contributed by atoms with E-state index in [-0.39, 0.29) is 18.0 Å². The highest BCUT2D eigenvalue weighted by atomic mass is 16.5. The van der Waals surface area contributed by atoms with Crippen LogP contribution in [0.15, 0.2) is 0 Å². The molecule has 1 saturated carbocycles. The van der Waals surface area contributed by atoms with Gasteiger partial charge < -0.3 is 15.0 Å². The molecule has 1 unspecified atom stereocenters. The van der Waals surface area contributed by atoms with Gasteiger partial charge in [-0.2, -0.15) is 5.26 Å². The van der Waals surface area contributed by atoms with Crippen LogP contribution in [0, 0.1) is 23.2 Å². The maximum absolute atomic E-state index is 12.8. The summed E-state index contributed by atoms with van der Waals surface area (Å²) in [6.45, 7) is 1.48. The van der Waals surface area contributed by atoms with Crippen LogP contribution in [0.3, 0.4) is 0 Å². The van der Waals surface area contributed by atoms with E-state index in [0.717, 1.165) is 38.9 Å². The summed E-state index contributed by atoms with van der Waals surface area (Å²) in [5.74, 6) is 1.05. The number of fused-ring (bicyclic) bond motifs is 1. The van der Waals surface area contributed by atoms with E-state index in [4.69, 9.17) is 4.74 Å². The first-order chi connectivity index (χ1) is 9.26. The van der Waals surface area contributed by atoms with Crippen molar-refractivity contribution in [2.45, 2.75) is 43.8 Å². The minimum Gasteiger partial charge on any atom is -0.381 e. The Morgan fingerprint density at radius 3 is 2.79 bits per heavy atom. The first kappa shape index (κ1) is 12.9. The van der Waals surface area contributed by atoms with Crippen molar-refractivity contribution in [1.82, 2.24) is 10.2 Å². The van der Waals surface area contributed by atoms with Crippen LogP contribution in [0.4, 0.5) is 0 Å². The number of carbonyl (C=O) groups excluding carboxylic acids is 1. The second kappa shape index (κ2) is 5.10. The highest BCUT2D eigenvalue weighted by molar-refractivity contribution is 5.84. The molecule has 19 heavy (non-hydrogen) atoms. The van der Waals surface area contributed by atoms with E-state index in [0.29, 0.717) is 17.9 Å². The molecule has 2 aliphatic heterocycles. The van der Waals surface area contributed by atoms with Crippen LogP contribution in [0.1, 0.15) is 25.7 Å². The van der Waals surface area contributed by atoms with Gasteiger partial charge >= 0.3 is 0 Å². The quantitative estimate of drug-likeness (QED) is 0.806. The lowest BCUT2D eigenvalue weighted by Crippen LogP contribution is -2.52. The van der Waals surface area contributed by atoms with Gasteiger partial charge in [0.15, 0.2) is 0 Å². The Bertz CT molecular complexity index is 400. The van der Waals surface area contributed by atoms with Gasteiger partial charge in [-0.05, 0) is 44.6 Å². The van der Waals surface area contributed by atoms with Crippen LogP contribution in [0.5, 0.6) is 0 Å². The summed E-state index contributed by atoms with van der Waals surface area (Å²) >= 11 is 0. The van der Waals surface area contributed by atoms with E-state index in [9.17, 15) is 10.1 Å². The topological polar surface area (TPSA) is 65.4 Å². The molecule has 1 N–H and O–H groups in total. The Hall–Kier alpha value is -1.12. The van der Waals surface area contributed by atoms with Crippen molar-refractivity contribution in [3.05, 3.63) is 0 Å². The number of hydrogen-bond acceptors (Lipinski definition) is 4. The summed E-state index contributed by atoms with van der Waals surface area (Å²) in [7, 11) is 1.85. The van der Waals surface area contributed by atoms with Crippen LogP contribution in [-0.2, 0) is 9.53 Å². The van der Waals surface area contributed by atoms with Crippen LogP contribution < -0.4 is 5.32 Å². The van der Waals surface area contributed by atoms with Crippen molar-refractivity contribution < 1.29 is 9.53 Å². The molecule has 0 aromatic heterocycles. The Balaban J connectivity index is 1.72. The molecule has 1 amide bonds. The molecular formula is C14H21N3O2. The van der Waals surface area contributed by atoms with Gasteiger partial charge in [-0.3, -0.25) is 4.79 Å². The third kappa shape index (κ3) is 2.24. The lowest BCUT2D eigenvalue weighted by Gasteiger charge is -2.33. The van der Waals surface area contributed by atoms with Crippen LogP contribution in [-0.4, -0.2) is 49.2 Å². The number of piperidine rings is 1. The molecule has 0 spiro atoms. The van der Waals surface area contributed by atoms with Gasteiger partial charge in [-0.15, -0.1) is 0 Å². The second-order valence-corrected chi connectivity index (χ2v) is 5.91. The predicted octanol–water partition coefficient (Wildman–Crippen LogP) is 0.514. The first-order valence-corrected chi connectivity index (χ1v) is 7.23. The maximum atomic E-state index is 12.8. The van der Waals surface area contributed by atoms with Crippen molar-refractivity contribution in [3.8, 4) is 6.07 Å². The standard InChI is InChI=1S/C14H21N3O2/c1-16-13(9-2-4-19-5-3-9)14(18)17-11(8-15)6-10-7-12(10)17/h9-13,16H,2-7H2,1H3/t10-,11+,12?,13+/m1/s1. The molecule has 3 rings (SSSR count). The van der Waals surface area contributed by atoms with Gasteiger partial charge in [0, 0.05) is 19.3 Å². The number of ether oxygens (including phenoxy) is 1. The molecule has 1 aliphatic carbocycles. The van der Waals surface area contributed by atoms with Crippen molar-refractivity contribution in [1.29, 1.82) is 5.26 Å². The molecule has 2 heterocycles. The summed E-state index contributed by atoms with van der Waals surface area (Å²) < 4.78 is 5.37. The number of likely N-dealkylation sites (N-methyl/N-ethyl adjacent to an activating group) is 1. The van der Waals surface area contributed by atoms with Crippen molar-refractivity contribution in [3.63, 3.8) is 0 Å². The molecule has 104 valence electrons. The monoisotopic (exact) mass is 263 g/mol. The van der Waals surface area contributed by atoms with E-state index >= 15 is 0 Å².